The molecule has 3 aromatic rings. The summed E-state index contributed by atoms with van der Waals surface area (Å²) in [5.74, 6) is -0.128. The summed E-state index contributed by atoms with van der Waals surface area (Å²) in [4.78, 5) is 22.2. The van der Waals surface area contributed by atoms with Crippen LogP contribution in [0.3, 0.4) is 0 Å². The molecule has 10 nitrogen and oxygen atoms in total. The van der Waals surface area contributed by atoms with Crippen LogP contribution in [0.1, 0.15) is 17.0 Å². The van der Waals surface area contributed by atoms with E-state index in [1.54, 1.807) is 12.3 Å². The smallest absolute Gasteiger partial charge is 0.245 e. The number of carbonyl (C=O) groups is 1. The predicted molar refractivity (Wildman–Crippen MR) is 108 cm³/mol. The molecule has 4 rings (SSSR count). The zero-order chi connectivity index (χ0) is 20.8. The van der Waals surface area contributed by atoms with Crippen LogP contribution < -0.4 is 5.32 Å². The second kappa shape index (κ2) is 7.25. The summed E-state index contributed by atoms with van der Waals surface area (Å²) in [7, 11) is -0.497. The fourth-order valence-electron chi connectivity index (χ4n) is 3.49. The minimum Gasteiger partial charge on any atom is -0.326 e. The Morgan fingerprint density at radius 2 is 2.17 bits per heavy atom. The van der Waals surface area contributed by atoms with Crippen LogP contribution in [-0.2, 0) is 27.8 Å². The highest BCUT2D eigenvalue weighted by Gasteiger charge is 2.27. The zero-order valence-electron chi connectivity index (χ0n) is 16.5. The molecule has 0 atom stereocenters. The molecule has 29 heavy (non-hydrogen) atoms. The Morgan fingerprint density at radius 1 is 1.38 bits per heavy atom. The fourth-order valence-corrected chi connectivity index (χ4v) is 4.87. The molecule has 0 fully saturated rings. The van der Waals surface area contributed by atoms with E-state index in [0.29, 0.717) is 16.9 Å². The number of aryl methyl sites for hydroxylation is 1. The number of nitrogens with one attached hydrogen (secondary N) is 3. The van der Waals surface area contributed by atoms with E-state index in [-0.39, 0.29) is 11.4 Å². The number of hydrogen-bond donors (Lipinski definition) is 3. The van der Waals surface area contributed by atoms with Gasteiger partial charge in [-0.1, -0.05) is 0 Å². The van der Waals surface area contributed by atoms with Crippen LogP contribution in [-0.4, -0.2) is 70.9 Å². The van der Waals surface area contributed by atoms with E-state index in [0.717, 1.165) is 40.8 Å². The number of likely N-dealkylation sites (N-methyl/N-ethyl adjacent to an activating group) is 2. The van der Waals surface area contributed by atoms with Crippen molar-refractivity contribution in [1.82, 2.24) is 29.4 Å². The Morgan fingerprint density at radius 3 is 2.97 bits per heavy atom. The third-order valence-corrected chi connectivity index (χ3v) is 6.82. The molecule has 3 heterocycles. The molecule has 1 aliphatic heterocycles. The van der Waals surface area contributed by atoms with Crippen LogP contribution in [0.5, 0.6) is 0 Å². The van der Waals surface area contributed by atoms with E-state index >= 15 is 0 Å². The van der Waals surface area contributed by atoms with Gasteiger partial charge in [-0.3, -0.25) is 15.2 Å². The molecule has 11 heteroatoms. The third kappa shape index (κ3) is 3.76. The highest BCUT2D eigenvalue weighted by Crippen LogP contribution is 2.25. The second-order valence-corrected chi connectivity index (χ2v) is 9.42. The average molecular weight is 417 g/mol. The van der Waals surface area contributed by atoms with Crippen molar-refractivity contribution in [1.29, 1.82) is 0 Å². The Bertz CT molecular complexity index is 1180. The lowest BCUT2D eigenvalue weighted by Crippen LogP contribution is -2.35. The summed E-state index contributed by atoms with van der Waals surface area (Å²) < 4.78 is 27.1. The van der Waals surface area contributed by atoms with Gasteiger partial charge in [-0.25, -0.2) is 13.4 Å². The van der Waals surface area contributed by atoms with Gasteiger partial charge in [0.2, 0.25) is 21.9 Å². The number of anilines is 1. The number of aromatic nitrogens is 4. The zero-order valence-corrected chi connectivity index (χ0v) is 17.3. The van der Waals surface area contributed by atoms with E-state index in [2.05, 4.69) is 30.4 Å². The summed E-state index contributed by atoms with van der Waals surface area (Å²) in [6.07, 6.45) is 2.38. The van der Waals surface area contributed by atoms with Crippen LogP contribution in [0.25, 0.3) is 10.9 Å². The summed E-state index contributed by atoms with van der Waals surface area (Å²) in [6.45, 7) is 3.12. The van der Waals surface area contributed by atoms with Crippen LogP contribution in [0.4, 0.5) is 5.95 Å². The summed E-state index contributed by atoms with van der Waals surface area (Å²) in [5, 5.41) is 10.0. The molecular formula is C18H23N7O3S. The molecular weight excluding hydrogens is 394 g/mol. The average Bonchev–Trinajstić information content (AvgIpc) is 3.26. The summed E-state index contributed by atoms with van der Waals surface area (Å²) in [5.41, 5.74) is 3.12. The van der Waals surface area contributed by atoms with Gasteiger partial charge in [0.05, 0.1) is 29.6 Å². The van der Waals surface area contributed by atoms with Crippen molar-refractivity contribution < 1.29 is 13.2 Å². The lowest BCUT2D eigenvalue weighted by atomic mass is 10.2. The van der Waals surface area contributed by atoms with Crippen molar-refractivity contribution in [3.8, 4) is 0 Å². The number of hydrogen-bond acceptors (Lipinski definition) is 6. The second-order valence-electron chi connectivity index (χ2n) is 7.40. The SMILES string of the molecule is Cc1cc(S(=O)(=O)N(C)CC(=O)Nc2nc3c([nH]2)CN(C)CC3)c2[nH]ncc2c1. The summed E-state index contributed by atoms with van der Waals surface area (Å²) >= 11 is 0. The molecule has 1 amide bonds. The van der Waals surface area contributed by atoms with E-state index in [1.165, 1.54) is 7.05 Å². The Kier molecular flexibility index (Phi) is 4.89. The van der Waals surface area contributed by atoms with Gasteiger partial charge in [0, 0.05) is 31.9 Å². The van der Waals surface area contributed by atoms with Gasteiger partial charge in [-0.2, -0.15) is 9.40 Å². The molecule has 154 valence electrons. The first-order valence-electron chi connectivity index (χ1n) is 9.20. The van der Waals surface area contributed by atoms with E-state index in [9.17, 15) is 13.2 Å². The molecule has 0 spiro atoms. The van der Waals surface area contributed by atoms with Crippen molar-refractivity contribution in [3.05, 3.63) is 35.3 Å². The van der Waals surface area contributed by atoms with Crippen LogP contribution in [0.2, 0.25) is 0 Å². The van der Waals surface area contributed by atoms with Crippen molar-refractivity contribution in [3.63, 3.8) is 0 Å². The Labute approximate surface area is 168 Å². The summed E-state index contributed by atoms with van der Waals surface area (Å²) in [6, 6.07) is 3.42. The van der Waals surface area contributed by atoms with Crippen molar-refractivity contribution >= 4 is 32.8 Å². The first-order chi connectivity index (χ1) is 13.7. The first-order valence-corrected chi connectivity index (χ1v) is 10.6. The number of sulfonamides is 1. The molecule has 1 aliphatic rings. The van der Waals surface area contributed by atoms with Gasteiger partial charge in [0.15, 0.2) is 0 Å². The number of nitrogens with zero attached hydrogens (tertiary/aromatic N) is 4. The van der Waals surface area contributed by atoms with E-state index in [4.69, 9.17) is 0 Å². The number of aromatic amines is 2. The molecule has 0 aliphatic carbocycles. The topological polar surface area (TPSA) is 127 Å². The highest BCUT2D eigenvalue weighted by molar-refractivity contribution is 7.89. The lowest BCUT2D eigenvalue weighted by Gasteiger charge is -2.20. The standard InChI is InChI=1S/C18H23N7O3S/c1-11-6-12-8-19-23-17(12)15(7-11)29(27,28)25(3)10-16(26)22-18-20-13-4-5-24(2)9-14(13)21-18/h6-8H,4-5,9-10H2,1-3H3,(H,19,23)(H2,20,21,22,26). The lowest BCUT2D eigenvalue weighted by molar-refractivity contribution is -0.116. The Hall–Kier alpha value is -2.76. The van der Waals surface area contributed by atoms with Crippen molar-refractivity contribution in [2.45, 2.75) is 24.8 Å². The first kappa shape index (κ1) is 19.6. The highest BCUT2D eigenvalue weighted by atomic mass is 32.2. The number of fused-ring (bicyclic) bond motifs is 2. The van der Waals surface area contributed by atoms with Gasteiger partial charge < -0.3 is 9.88 Å². The molecule has 3 N–H and O–H groups in total. The normalized spacial score (nSPS) is 15.0. The van der Waals surface area contributed by atoms with Gasteiger partial charge >= 0.3 is 0 Å². The number of carbonyl (C=O) groups excluding carboxylic acids is 1. The number of H-pyrrole nitrogens is 2. The van der Waals surface area contributed by atoms with Crippen molar-refractivity contribution in [2.24, 2.45) is 0 Å². The maximum atomic E-state index is 13.0. The van der Waals surface area contributed by atoms with E-state index < -0.39 is 15.9 Å². The van der Waals surface area contributed by atoms with Crippen LogP contribution in [0.15, 0.2) is 23.2 Å². The maximum Gasteiger partial charge on any atom is 0.245 e. The molecule has 0 saturated heterocycles. The monoisotopic (exact) mass is 417 g/mol. The molecule has 2 aromatic heterocycles. The quantitative estimate of drug-likeness (QED) is 0.565. The number of imidazole rings is 1. The predicted octanol–water partition coefficient (Wildman–Crippen LogP) is 0.842. The van der Waals surface area contributed by atoms with Crippen LogP contribution in [0, 0.1) is 6.92 Å². The van der Waals surface area contributed by atoms with Gasteiger partial charge in [0.1, 0.15) is 4.90 Å². The molecule has 1 aromatic carbocycles. The molecule has 0 radical (unpaired) electrons. The number of rotatable bonds is 5. The largest absolute Gasteiger partial charge is 0.326 e. The minimum atomic E-state index is -3.89. The minimum absolute atomic E-state index is 0.0943. The number of amides is 1. The van der Waals surface area contributed by atoms with Crippen LogP contribution >= 0.6 is 0 Å². The third-order valence-electron chi connectivity index (χ3n) is 4.99. The van der Waals surface area contributed by atoms with E-state index in [1.807, 2.05) is 20.0 Å². The number of benzene rings is 1. The molecule has 0 unspecified atom stereocenters. The van der Waals surface area contributed by atoms with Crippen molar-refractivity contribution in [2.75, 3.05) is 32.5 Å². The Balaban J connectivity index is 1.50. The maximum absolute atomic E-state index is 13.0. The van der Waals surface area contributed by atoms with Gasteiger partial charge in [-0.05, 0) is 31.7 Å². The van der Waals surface area contributed by atoms with Gasteiger partial charge in [0.25, 0.3) is 0 Å². The fraction of sp³-hybridized carbons (Fsp3) is 0.389. The van der Waals surface area contributed by atoms with Gasteiger partial charge in [-0.15, -0.1) is 0 Å². The molecule has 0 bridgehead atoms. The molecule has 0 saturated carbocycles.